The summed E-state index contributed by atoms with van der Waals surface area (Å²) >= 11 is 8.99. The molecule has 2 heterocycles. The van der Waals surface area contributed by atoms with Gasteiger partial charge in [0, 0.05) is 24.0 Å². The Bertz CT molecular complexity index is 665. The highest BCUT2D eigenvalue weighted by atomic mass is 79.9. The monoisotopic (exact) mass is 380 g/mol. The van der Waals surface area contributed by atoms with Crippen molar-refractivity contribution in [3.8, 4) is 5.69 Å². The van der Waals surface area contributed by atoms with Gasteiger partial charge in [0.15, 0.2) is 0 Å². The van der Waals surface area contributed by atoms with E-state index in [9.17, 15) is 0 Å². The van der Waals surface area contributed by atoms with Gasteiger partial charge in [0.25, 0.3) is 0 Å². The lowest BCUT2D eigenvalue weighted by Gasteiger charge is -2.28. The van der Waals surface area contributed by atoms with Crippen LogP contribution in [0.1, 0.15) is 11.4 Å². The van der Waals surface area contributed by atoms with Gasteiger partial charge in [-0.2, -0.15) is 0 Å². The van der Waals surface area contributed by atoms with Crippen molar-refractivity contribution >= 4 is 33.1 Å². The number of rotatable bonds is 3. The van der Waals surface area contributed by atoms with Crippen LogP contribution in [0.5, 0.6) is 0 Å². The minimum absolute atomic E-state index is 0.650. The van der Waals surface area contributed by atoms with E-state index in [-0.39, 0.29) is 0 Å². The molecule has 0 bridgehead atoms. The molecule has 3 rings (SSSR count). The Labute approximate surface area is 143 Å². The van der Waals surface area contributed by atoms with Crippen molar-refractivity contribution in [1.29, 1.82) is 0 Å². The van der Waals surface area contributed by atoms with E-state index < -0.39 is 0 Å². The van der Waals surface area contributed by atoms with Crippen LogP contribution in [0.2, 0.25) is 0 Å². The van der Waals surface area contributed by atoms with Gasteiger partial charge in [-0.3, -0.25) is 0 Å². The van der Waals surface area contributed by atoms with Crippen molar-refractivity contribution < 1.29 is 4.74 Å². The summed E-state index contributed by atoms with van der Waals surface area (Å²) in [7, 11) is 0. The zero-order chi connectivity index (χ0) is 15.5. The van der Waals surface area contributed by atoms with Crippen LogP contribution < -0.4 is 0 Å². The highest BCUT2D eigenvalue weighted by Gasteiger charge is 2.17. The number of hydrogen-bond donors (Lipinski definition) is 0. The van der Waals surface area contributed by atoms with Crippen molar-refractivity contribution in [2.75, 3.05) is 26.3 Å². The predicted octanol–water partition coefficient (Wildman–Crippen LogP) is 2.54. The summed E-state index contributed by atoms with van der Waals surface area (Å²) in [5.74, 6) is 0. The van der Waals surface area contributed by atoms with Gasteiger partial charge in [-0.05, 0) is 31.2 Å². The lowest BCUT2D eigenvalue weighted by Crippen LogP contribution is -2.40. The van der Waals surface area contributed by atoms with Gasteiger partial charge in [-0.1, -0.05) is 33.4 Å². The molecular weight excluding hydrogens is 364 g/mol. The zero-order valence-corrected chi connectivity index (χ0v) is 14.7. The third kappa shape index (κ3) is 3.37. The smallest absolute Gasteiger partial charge is 0.0928 e. The average Bonchev–Trinajstić information content (AvgIpc) is 2.90. The molecule has 1 aliphatic rings. The standard InChI is InChI=1S/C15H17BrN4OS/c1-11-14(10-15(22)19-6-8-21-9-7-19)17-18-20(11)13-4-2-12(16)3-5-13/h2-5H,6-10H2,1H3. The second-order valence-corrected chi connectivity index (χ2v) is 6.57. The lowest BCUT2D eigenvalue weighted by molar-refractivity contribution is 0.0684. The summed E-state index contributed by atoms with van der Waals surface area (Å²) in [4.78, 5) is 3.10. The second kappa shape index (κ2) is 6.85. The SMILES string of the molecule is Cc1c(CC(=S)N2CCOCC2)nnn1-c1ccc(Br)cc1. The fraction of sp³-hybridized carbons (Fsp3) is 0.400. The molecule has 2 aromatic rings. The Morgan fingerprint density at radius 1 is 1.27 bits per heavy atom. The minimum Gasteiger partial charge on any atom is -0.378 e. The van der Waals surface area contributed by atoms with Crippen molar-refractivity contribution in [3.63, 3.8) is 0 Å². The summed E-state index contributed by atoms with van der Waals surface area (Å²) in [6.45, 7) is 5.23. The zero-order valence-electron chi connectivity index (χ0n) is 12.3. The Balaban J connectivity index is 1.75. The third-order valence-corrected chi connectivity index (χ3v) is 4.68. The molecule has 1 saturated heterocycles. The maximum absolute atomic E-state index is 5.55. The van der Waals surface area contributed by atoms with E-state index in [1.807, 2.05) is 35.9 Å². The van der Waals surface area contributed by atoms with E-state index >= 15 is 0 Å². The van der Waals surface area contributed by atoms with E-state index in [0.717, 1.165) is 52.8 Å². The molecule has 22 heavy (non-hydrogen) atoms. The third-order valence-electron chi connectivity index (χ3n) is 3.74. The molecule has 7 heteroatoms. The van der Waals surface area contributed by atoms with Crippen LogP contribution in [0.4, 0.5) is 0 Å². The predicted molar refractivity (Wildman–Crippen MR) is 92.5 cm³/mol. The molecule has 0 spiro atoms. The highest BCUT2D eigenvalue weighted by molar-refractivity contribution is 9.10. The second-order valence-electron chi connectivity index (χ2n) is 5.18. The Kier molecular flexibility index (Phi) is 4.85. The summed E-state index contributed by atoms with van der Waals surface area (Å²) < 4.78 is 8.25. The van der Waals surface area contributed by atoms with Gasteiger partial charge in [0.2, 0.25) is 0 Å². The van der Waals surface area contributed by atoms with Gasteiger partial charge >= 0.3 is 0 Å². The summed E-state index contributed by atoms with van der Waals surface area (Å²) in [6.07, 6.45) is 0.650. The van der Waals surface area contributed by atoms with Crippen LogP contribution in [0.15, 0.2) is 28.7 Å². The molecule has 1 aliphatic heterocycles. The van der Waals surface area contributed by atoms with E-state index in [1.54, 1.807) is 0 Å². The number of nitrogens with zero attached hydrogens (tertiary/aromatic N) is 4. The van der Waals surface area contributed by atoms with Crippen molar-refractivity contribution in [2.24, 2.45) is 0 Å². The average molecular weight is 381 g/mol. The van der Waals surface area contributed by atoms with Gasteiger partial charge < -0.3 is 9.64 Å². The first kappa shape index (κ1) is 15.6. The minimum atomic E-state index is 0.650. The Morgan fingerprint density at radius 2 is 1.95 bits per heavy atom. The number of ether oxygens (including phenoxy) is 1. The van der Waals surface area contributed by atoms with Gasteiger partial charge in [0.1, 0.15) is 0 Å². The first-order chi connectivity index (χ1) is 10.6. The van der Waals surface area contributed by atoms with Crippen LogP contribution in [-0.4, -0.2) is 51.2 Å². The van der Waals surface area contributed by atoms with Gasteiger partial charge in [-0.25, -0.2) is 4.68 Å². The molecular formula is C15H17BrN4OS. The molecule has 0 N–H and O–H groups in total. The number of aromatic nitrogens is 3. The summed E-state index contributed by atoms with van der Waals surface area (Å²) in [5.41, 5.74) is 2.95. The number of hydrogen-bond acceptors (Lipinski definition) is 4. The number of benzene rings is 1. The highest BCUT2D eigenvalue weighted by Crippen LogP contribution is 2.17. The van der Waals surface area contributed by atoms with Crippen LogP contribution in [0, 0.1) is 6.92 Å². The molecule has 0 atom stereocenters. The van der Waals surface area contributed by atoms with E-state index in [2.05, 4.69) is 31.1 Å². The Hall–Kier alpha value is -1.31. The molecule has 116 valence electrons. The van der Waals surface area contributed by atoms with Gasteiger partial charge in [0.05, 0.1) is 35.3 Å². The van der Waals surface area contributed by atoms with E-state index in [0.29, 0.717) is 6.42 Å². The fourth-order valence-corrected chi connectivity index (χ4v) is 3.00. The maximum atomic E-state index is 5.55. The van der Waals surface area contributed by atoms with E-state index in [1.165, 1.54) is 0 Å². The first-order valence-electron chi connectivity index (χ1n) is 7.18. The van der Waals surface area contributed by atoms with Gasteiger partial charge in [-0.15, -0.1) is 5.10 Å². The normalized spacial score (nSPS) is 15.1. The van der Waals surface area contributed by atoms with Crippen LogP contribution in [0.3, 0.4) is 0 Å². The van der Waals surface area contributed by atoms with Crippen molar-refractivity contribution in [3.05, 3.63) is 40.1 Å². The Morgan fingerprint density at radius 3 is 2.64 bits per heavy atom. The quantitative estimate of drug-likeness (QED) is 0.765. The molecule has 0 aliphatic carbocycles. The lowest BCUT2D eigenvalue weighted by atomic mass is 10.2. The summed E-state index contributed by atoms with van der Waals surface area (Å²) in [5, 5.41) is 8.57. The maximum Gasteiger partial charge on any atom is 0.0928 e. The summed E-state index contributed by atoms with van der Waals surface area (Å²) in [6, 6.07) is 8.01. The first-order valence-corrected chi connectivity index (χ1v) is 8.38. The molecule has 1 fully saturated rings. The van der Waals surface area contributed by atoms with Crippen LogP contribution >= 0.6 is 28.1 Å². The molecule has 0 amide bonds. The van der Waals surface area contributed by atoms with Crippen LogP contribution in [0.25, 0.3) is 5.69 Å². The van der Waals surface area contributed by atoms with Crippen molar-refractivity contribution in [1.82, 2.24) is 19.9 Å². The molecule has 1 aromatic heterocycles. The molecule has 5 nitrogen and oxygen atoms in total. The van der Waals surface area contributed by atoms with Crippen LogP contribution in [-0.2, 0) is 11.2 Å². The number of halogens is 1. The fourth-order valence-electron chi connectivity index (χ4n) is 2.42. The topological polar surface area (TPSA) is 43.2 Å². The largest absolute Gasteiger partial charge is 0.378 e. The molecule has 0 unspecified atom stereocenters. The van der Waals surface area contributed by atoms with Crippen molar-refractivity contribution in [2.45, 2.75) is 13.3 Å². The number of morpholine rings is 1. The van der Waals surface area contributed by atoms with E-state index in [4.69, 9.17) is 17.0 Å². The molecule has 0 radical (unpaired) electrons. The molecule has 1 aromatic carbocycles. The number of thiocarbonyl (C=S) groups is 1. The molecule has 0 saturated carbocycles.